The van der Waals surface area contributed by atoms with Gasteiger partial charge in [-0.15, -0.1) is 0 Å². The van der Waals surface area contributed by atoms with Gasteiger partial charge in [0.2, 0.25) is 0 Å². The third-order valence-corrected chi connectivity index (χ3v) is 3.01. The first kappa shape index (κ1) is 11.2. The Morgan fingerprint density at radius 3 is 1.82 bits per heavy atom. The van der Waals surface area contributed by atoms with Crippen LogP contribution >= 0.6 is 7.60 Å². The normalized spacial score (nSPS) is 16.5. The summed E-state index contributed by atoms with van der Waals surface area (Å²) < 4.78 is 10.6. The van der Waals surface area contributed by atoms with Crippen LogP contribution in [-0.2, 0) is 4.57 Å². The zero-order valence-electron chi connectivity index (χ0n) is 7.53. The quantitative estimate of drug-likeness (QED) is 0.637. The van der Waals surface area contributed by atoms with Gasteiger partial charge in [-0.1, -0.05) is 27.7 Å². The summed E-state index contributed by atoms with van der Waals surface area (Å²) in [5.74, 6) is 0.0448. The molecular weight excluding hydrogens is 163 g/mol. The minimum atomic E-state index is -3.82. The van der Waals surface area contributed by atoms with Crippen LogP contribution in [-0.4, -0.2) is 15.9 Å². The van der Waals surface area contributed by atoms with Crippen LogP contribution in [0.15, 0.2) is 0 Å². The second-order valence-corrected chi connectivity index (χ2v) is 5.81. The Labute approximate surface area is 68.0 Å². The molecule has 0 aromatic carbocycles. The van der Waals surface area contributed by atoms with E-state index >= 15 is 0 Å². The van der Waals surface area contributed by atoms with Gasteiger partial charge >= 0.3 is 7.60 Å². The average Bonchev–Trinajstić information content (AvgIpc) is 1.56. The second-order valence-electron chi connectivity index (χ2n) is 4.11. The van der Waals surface area contributed by atoms with Crippen LogP contribution in [0.2, 0.25) is 0 Å². The highest BCUT2D eigenvalue weighted by Crippen LogP contribution is 2.41. The Hall–Kier alpha value is 0.150. The molecule has 0 saturated carbocycles. The third-order valence-electron chi connectivity index (χ3n) is 1.99. The molecule has 0 amide bonds. The van der Waals surface area contributed by atoms with E-state index in [1.165, 1.54) is 0 Å². The molecule has 0 aromatic rings. The van der Waals surface area contributed by atoms with Crippen LogP contribution in [0.5, 0.6) is 0 Å². The molecule has 0 saturated heterocycles. The Balaban J connectivity index is 4.10. The van der Waals surface area contributed by atoms with Crippen LogP contribution in [0.3, 0.4) is 0 Å². The maximum atomic E-state index is 10.6. The van der Waals surface area contributed by atoms with Crippen molar-refractivity contribution in [3.8, 4) is 0 Å². The van der Waals surface area contributed by atoms with E-state index in [1.807, 2.05) is 27.7 Å². The third kappa shape index (κ3) is 5.42. The molecular formula is C7H17O3P. The summed E-state index contributed by atoms with van der Waals surface area (Å²) >= 11 is 0. The molecule has 0 aromatic heterocycles. The van der Waals surface area contributed by atoms with E-state index in [0.717, 1.165) is 0 Å². The predicted octanol–water partition coefficient (Wildman–Crippen LogP) is 1.85. The summed E-state index contributed by atoms with van der Waals surface area (Å²) in [6, 6.07) is 0. The topological polar surface area (TPSA) is 57.5 Å². The van der Waals surface area contributed by atoms with E-state index < -0.39 is 7.60 Å². The van der Waals surface area contributed by atoms with E-state index in [2.05, 4.69) is 0 Å². The second kappa shape index (κ2) is 3.26. The number of hydrogen-bond acceptors (Lipinski definition) is 1. The van der Waals surface area contributed by atoms with Crippen LogP contribution in [0.4, 0.5) is 0 Å². The fourth-order valence-corrected chi connectivity index (χ4v) is 1.89. The SMILES string of the molecule is CC(CP(=O)(O)O)C(C)(C)C. The molecule has 2 N–H and O–H groups in total. The van der Waals surface area contributed by atoms with Gasteiger partial charge in [0, 0.05) is 0 Å². The van der Waals surface area contributed by atoms with E-state index in [1.54, 1.807) is 0 Å². The van der Waals surface area contributed by atoms with Crippen molar-refractivity contribution in [2.24, 2.45) is 11.3 Å². The lowest BCUT2D eigenvalue weighted by Gasteiger charge is -2.27. The monoisotopic (exact) mass is 180 g/mol. The van der Waals surface area contributed by atoms with E-state index in [9.17, 15) is 4.57 Å². The van der Waals surface area contributed by atoms with Crippen molar-refractivity contribution in [2.75, 3.05) is 6.16 Å². The molecule has 0 radical (unpaired) electrons. The lowest BCUT2D eigenvalue weighted by molar-refractivity contribution is 0.267. The minimum Gasteiger partial charge on any atom is -0.324 e. The van der Waals surface area contributed by atoms with Crippen LogP contribution in [0.25, 0.3) is 0 Å². The molecule has 1 atom stereocenters. The molecule has 0 fully saturated rings. The van der Waals surface area contributed by atoms with Crippen molar-refractivity contribution in [3.05, 3.63) is 0 Å². The molecule has 0 spiro atoms. The summed E-state index contributed by atoms with van der Waals surface area (Å²) in [5, 5.41) is 0. The molecule has 0 bridgehead atoms. The lowest BCUT2D eigenvalue weighted by atomic mass is 9.83. The Bertz CT molecular complexity index is 165. The Kier molecular flexibility index (Phi) is 3.30. The van der Waals surface area contributed by atoms with Gasteiger partial charge in [0.15, 0.2) is 0 Å². The van der Waals surface area contributed by atoms with Crippen molar-refractivity contribution in [2.45, 2.75) is 27.7 Å². The van der Waals surface area contributed by atoms with Gasteiger partial charge < -0.3 is 9.79 Å². The average molecular weight is 180 g/mol. The molecule has 4 heteroatoms. The van der Waals surface area contributed by atoms with Gasteiger partial charge in [-0.3, -0.25) is 4.57 Å². The summed E-state index contributed by atoms with van der Waals surface area (Å²) in [5.41, 5.74) is -0.0267. The molecule has 0 rings (SSSR count). The van der Waals surface area contributed by atoms with Crippen LogP contribution in [0.1, 0.15) is 27.7 Å². The zero-order valence-corrected chi connectivity index (χ0v) is 8.43. The first-order chi connectivity index (χ1) is 4.63. The molecule has 11 heavy (non-hydrogen) atoms. The smallest absolute Gasteiger partial charge is 0.324 e. The minimum absolute atomic E-state index is 0.0174. The van der Waals surface area contributed by atoms with Gasteiger partial charge in [0.25, 0.3) is 0 Å². The predicted molar refractivity (Wildman–Crippen MR) is 45.5 cm³/mol. The largest absolute Gasteiger partial charge is 0.325 e. The zero-order chi connectivity index (χ0) is 9.28. The number of rotatable bonds is 2. The first-order valence-corrected chi connectivity index (χ1v) is 5.47. The highest BCUT2D eigenvalue weighted by atomic mass is 31.2. The maximum Gasteiger partial charge on any atom is 0.325 e. The molecule has 0 aliphatic rings. The molecule has 1 unspecified atom stereocenters. The van der Waals surface area contributed by atoms with Crippen molar-refractivity contribution in [1.29, 1.82) is 0 Å². The Morgan fingerprint density at radius 1 is 1.36 bits per heavy atom. The fourth-order valence-electron chi connectivity index (χ4n) is 0.631. The molecule has 68 valence electrons. The molecule has 3 nitrogen and oxygen atoms in total. The highest BCUT2D eigenvalue weighted by molar-refractivity contribution is 7.51. The van der Waals surface area contributed by atoms with Gasteiger partial charge in [-0.2, -0.15) is 0 Å². The highest BCUT2D eigenvalue weighted by Gasteiger charge is 2.27. The molecule has 0 aliphatic heterocycles. The van der Waals surface area contributed by atoms with Gasteiger partial charge in [0.05, 0.1) is 6.16 Å². The van der Waals surface area contributed by atoms with Gasteiger partial charge in [0.1, 0.15) is 0 Å². The van der Waals surface area contributed by atoms with Crippen molar-refractivity contribution in [3.63, 3.8) is 0 Å². The van der Waals surface area contributed by atoms with E-state index in [4.69, 9.17) is 9.79 Å². The van der Waals surface area contributed by atoms with Crippen LogP contribution in [0, 0.1) is 11.3 Å². The fraction of sp³-hybridized carbons (Fsp3) is 1.00. The van der Waals surface area contributed by atoms with Crippen LogP contribution < -0.4 is 0 Å². The Morgan fingerprint density at radius 2 is 1.73 bits per heavy atom. The summed E-state index contributed by atoms with van der Waals surface area (Å²) in [7, 11) is -3.82. The summed E-state index contributed by atoms with van der Waals surface area (Å²) in [6.07, 6.45) is -0.0174. The summed E-state index contributed by atoms with van der Waals surface area (Å²) in [6.45, 7) is 7.80. The van der Waals surface area contributed by atoms with Crippen molar-refractivity contribution >= 4 is 7.60 Å². The van der Waals surface area contributed by atoms with Gasteiger partial charge in [-0.25, -0.2) is 0 Å². The van der Waals surface area contributed by atoms with E-state index in [-0.39, 0.29) is 17.5 Å². The molecule has 0 heterocycles. The van der Waals surface area contributed by atoms with Crippen molar-refractivity contribution in [1.82, 2.24) is 0 Å². The maximum absolute atomic E-state index is 10.6. The molecule has 0 aliphatic carbocycles. The lowest BCUT2D eigenvalue weighted by Crippen LogP contribution is -2.20. The summed E-state index contributed by atoms with van der Waals surface area (Å²) in [4.78, 5) is 17.3. The standard InChI is InChI=1S/C7H17O3P/c1-6(7(2,3)4)5-11(8,9)10/h6H,5H2,1-4H3,(H2,8,9,10). The first-order valence-electron chi connectivity index (χ1n) is 3.67. The van der Waals surface area contributed by atoms with E-state index in [0.29, 0.717) is 0 Å². The van der Waals surface area contributed by atoms with Gasteiger partial charge in [-0.05, 0) is 11.3 Å². The number of hydrogen-bond donors (Lipinski definition) is 2. The van der Waals surface area contributed by atoms with Crippen molar-refractivity contribution < 1.29 is 14.4 Å².